The largest absolute Gasteiger partial charge is 0.328 e. The van der Waals surface area contributed by atoms with Gasteiger partial charge in [0.2, 0.25) is 0 Å². The lowest BCUT2D eigenvalue weighted by atomic mass is 9.75. The van der Waals surface area contributed by atoms with E-state index in [1.54, 1.807) is 0 Å². The van der Waals surface area contributed by atoms with Crippen LogP contribution < -0.4 is 11.2 Å². The summed E-state index contributed by atoms with van der Waals surface area (Å²) in [6, 6.07) is 1.81. The molecule has 1 N–H and O–H groups in total. The molecule has 0 radical (unpaired) electrons. The zero-order valence-electron chi connectivity index (χ0n) is 10.5. The summed E-state index contributed by atoms with van der Waals surface area (Å²) in [5.74, 6) is 0. The zero-order valence-corrected chi connectivity index (χ0v) is 10.5. The van der Waals surface area contributed by atoms with Gasteiger partial charge in [0.15, 0.2) is 0 Å². The van der Waals surface area contributed by atoms with Crippen molar-refractivity contribution in [2.24, 2.45) is 5.41 Å². The summed E-state index contributed by atoms with van der Waals surface area (Å²) >= 11 is 0. The second-order valence-electron chi connectivity index (χ2n) is 5.41. The summed E-state index contributed by atoms with van der Waals surface area (Å²) in [6.07, 6.45) is 7.15. The fraction of sp³-hybridized carbons (Fsp3) is 0.615. The molecular weight excluding hydrogens is 230 g/mol. The van der Waals surface area contributed by atoms with E-state index in [0.717, 1.165) is 12.8 Å². The normalized spacial score (nSPS) is 18.2. The van der Waals surface area contributed by atoms with Gasteiger partial charge in [0.05, 0.1) is 0 Å². The molecule has 1 saturated carbocycles. The van der Waals surface area contributed by atoms with E-state index in [0.29, 0.717) is 6.54 Å². The quantitative estimate of drug-likeness (QED) is 0.857. The van der Waals surface area contributed by atoms with Crippen molar-refractivity contribution in [3.63, 3.8) is 0 Å². The van der Waals surface area contributed by atoms with E-state index < -0.39 is 11.2 Å². The van der Waals surface area contributed by atoms with Gasteiger partial charge < -0.3 is 0 Å². The Labute approximate surface area is 105 Å². The van der Waals surface area contributed by atoms with E-state index in [4.69, 9.17) is 5.26 Å². The molecule has 96 valence electrons. The van der Waals surface area contributed by atoms with E-state index in [1.165, 1.54) is 30.0 Å². The second-order valence-corrected chi connectivity index (χ2v) is 5.41. The minimum atomic E-state index is -0.604. The first-order valence-electron chi connectivity index (χ1n) is 6.28. The molecule has 0 atom stereocenters. The number of nitrogens with one attached hydrogen (secondary N) is 1. The van der Waals surface area contributed by atoms with E-state index in [-0.39, 0.29) is 11.0 Å². The summed E-state index contributed by atoms with van der Waals surface area (Å²) in [5.41, 5.74) is -0.945. The summed E-state index contributed by atoms with van der Waals surface area (Å²) < 4.78 is 1.46. The Morgan fingerprint density at radius 3 is 2.67 bits per heavy atom. The molecule has 0 unspecified atom stereocenters. The first-order chi connectivity index (χ1) is 8.54. The van der Waals surface area contributed by atoms with Crippen molar-refractivity contribution in [2.45, 2.75) is 45.6 Å². The van der Waals surface area contributed by atoms with Crippen molar-refractivity contribution in [2.75, 3.05) is 0 Å². The van der Waals surface area contributed by atoms with Crippen molar-refractivity contribution < 1.29 is 0 Å². The molecule has 1 heterocycles. The van der Waals surface area contributed by atoms with Crippen molar-refractivity contribution in [1.29, 1.82) is 5.26 Å². The highest BCUT2D eigenvalue weighted by Crippen LogP contribution is 2.36. The maximum absolute atomic E-state index is 11.7. The molecule has 0 amide bonds. The Hall–Kier alpha value is -1.83. The number of rotatable bonds is 2. The number of aromatic nitrogens is 2. The third kappa shape index (κ3) is 2.53. The van der Waals surface area contributed by atoms with Gasteiger partial charge in [-0.25, -0.2) is 4.79 Å². The predicted octanol–water partition coefficient (Wildman–Crippen LogP) is 1.38. The van der Waals surface area contributed by atoms with Crippen LogP contribution in [0.15, 0.2) is 15.8 Å². The fourth-order valence-corrected chi connectivity index (χ4v) is 2.68. The maximum Gasteiger partial charge on any atom is 0.328 e. The molecule has 0 saturated heterocycles. The topological polar surface area (TPSA) is 78.7 Å². The first-order valence-corrected chi connectivity index (χ1v) is 6.28. The molecule has 0 spiro atoms. The van der Waals surface area contributed by atoms with Crippen LogP contribution in [0.2, 0.25) is 0 Å². The summed E-state index contributed by atoms with van der Waals surface area (Å²) in [7, 11) is 0. The van der Waals surface area contributed by atoms with Gasteiger partial charge in [0.25, 0.3) is 5.56 Å². The minimum Gasteiger partial charge on any atom is -0.299 e. The van der Waals surface area contributed by atoms with E-state index >= 15 is 0 Å². The molecule has 2 rings (SSSR count). The number of nitriles is 1. The highest BCUT2D eigenvalue weighted by molar-refractivity contribution is 5.21. The maximum atomic E-state index is 11.7. The number of nitrogens with zero attached hydrogens (tertiary/aromatic N) is 2. The number of hydrogen-bond donors (Lipinski definition) is 1. The van der Waals surface area contributed by atoms with Crippen LogP contribution in [0, 0.1) is 16.7 Å². The first kappa shape index (κ1) is 12.6. The number of aromatic amines is 1. The predicted molar refractivity (Wildman–Crippen MR) is 67.2 cm³/mol. The van der Waals surface area contributed by atoms with E-state index in [9.17, 15) is 9.59 Å². The minimum absolute atomic E-state index is 0.00555. The summed E-state index contributed by atoms with van der Waals surface area (Å²) in [4.78, 5) is 25.2. The van der Waals surface area contributed by atoms with Gasteiger partial charge in [-0.3, -0.25) is 14.3 Å². The van der Waals surface area contributed by atoms with Gasteiger partial charge in [0.1, 0.15) is 11.6 Å². The third-order valence-corrected chi connectivity index (χ3v) is 3.74. The van der Waals surface area contributed by atoms with Crippen LogP contribution in [-0.4, -0.2) is 9.55 Å². The lowest BCUT2D eigenvalue weighted by Crippen LogP contribution is -2.36. The average molecular weight is 247 g/mol. The highest BCUT2D eigenvalue weighted by Gasteiger charge is 2.27. The second kappa shape index (κ2) is 4.81. The Bertz CT molecular complexity index is 585. The Morgan fingerprint density at radius 2 is 2.06 bits per heavy atom. The molecule has 0 aromatic carbocycles. The molecule has 5 nitrogen and oxygen atoms in total. The van der Waals surface area contributed by atoms with Crippen LogP contribution in [0.25, 0.3) is 0 Å². The van der Waals surface area contributed by atoms with Crippen LogP contribution >= 0.6 is 0 Å². The molecule has 1 aliphatic carbocycles. The third-order valence-electron chi connectivity index (χ3n) is 3.74. The van der Waals surface area contributed by atoms with Crippen molar-refractivity contribution in [3.8, 4) is 6.07 Å². The standard InChI is InChI=1S/C13H17N3O2/c1-13(5-3-2-4-6-13)9-16-8-10(7-14)11(17)15-12(16)18/h8H,2-6,9H2,1H3,(H,15,17,18). The van der Waals surface area contributed by atoms with E-state index in [1.807, 2.05) is 6.07 Å². The SMILES string of the molecule is CC1(Cn2cc(C#N)c(=O)[nH]c2=O)CCCCC1. The van der Waals surface area contributed by atoms with Gasteiger partial charge >= 0.3 is 5.69 Å². The fourth-order valence-electron chi connectivity index (χ4n) is 2.68. The lowest BCUT2D eigenvalue weighted by Gasteiger charge is -2.33. The van der Waals surface area contributed by atoms with Gasteiger partial charge in [-0.2, -0.15) is 5.26 Å². The molecule has 5 heteroatoms. The lowest BCUT2D eigenvalue weighted by molar-refractivity contribution is 0.180. The molecule has 18 heavy (non-hydrogen) atoms. The highest BCUT2D eigenvalue weighted by atomic mass is 16.2. The van der Waals surface area contributed by atoms with Crippen molar-refractivity contribution in [1.82, 2.24) is 9.55 Å². The smallest absolute Gasteiger partial charge is 0.299 e. The van der Waals surface area contributed by atoms with Crippen LogP contribution in [-0.2, 0) is 6.54 Å². The van der Waals surface area contributed by atoms with Crippen LogP contribution in [0.3, 0.4) is 0 Å². The van der Waals surface area contributed by atoms with Crippen molar-refractivity contribution in [3.05, 3.63) is 32.6 Å². The van der Waals surface area contributed by atoms with Crippen molar-refractivity contribution >= 4 is 0 Å². The monoisotopic (exact) mass is 247 g/mol. The molecule has 0 aliphatic heterocycles. The molecule has 1 aliphatic rings. The molecule has 0 bridgehead atoms. The summed E-state index contributed by atoms with van der Waals surface area (Å²) in [6.45, 7) is 2.73. The van der Waals surface area contributed by atoms with Gasteiger partial charge in [-0.1, -0.05) is 26.2 Å². The number of hydrogen-bond acceptors (Lipinski definition) is 3. The molecule has 1 fully saturated rings. The van der Waals surface area contributed by atoms with Crippen LogP contribution in [0.5, 0.6) is 0 Å². The molecule has 1 aromatic heterocycles. The molecule has 1 aromatic rings. The Kier molecular flexibility index (Phi) is 3.37. The van der Waals surface area contributed by atoms with Gasteiger partial charge in [0, 0.05) is 12.7 Å². The Morgan fingerprint density at radius 1 is 1.39 bits per heavy atom. The number of H-pyrrole nitrogens is 1. The van der Waals surface area contributed by atoms with Gasteiger partial charge in [-0.15, -0.1) is 0 Å². The summed E-state index contributed by atoms with van der Waals surface area (Å²) in [5, 5.41) is 8.82. The van der Waals surface area contributed by atoms with Gasteiger partial charge in [-0.05, 0) is 18.3 Å². The molecular formula is C13H17N3O2. The van der Waals surface area contributed by atoms with Crippen LogP contribution in [0.4, 0.5) is 0 Å². The Balaban J connectivity index is 2.32. The van der Waals surface area contributed by atoms with Crippen LogP contribution in [0.1, 0.15) is 44.6 Å². The zero-order chi connectivity index (χ0) is 13.2. The average Bonchev–Trinajstić information content (AvgIpc) is 2.33. The van der Waals surface area contributed by atoms with E-state index in [2.05, 4.69) is 11.9 Å².